The van der Waals surface area contributed by atoms with Gasteiger partial charge in [0.15, 0.2) is 10.2 Å². The summed E-state index contributed by atoms with van der Waals surface area (Å²) in [6.45, 7) is 1.73. The Morgan fingerprint density at radius 2 is 1.91 bits per heavy atom. The number of aryl methyl sites for hydroxylation is 1. The molecule has 0 aliphatic carbocycles. The lowest BCUT2D eigenvalue weighted by molar-refractivity contribution is 0.440. The van der Waals surface area contributed by atoms with Gasteiger partial charge in [0.25, 0.3) is 0 Å². The number of rotatable bonds is 7. The van der Waals surface area contributed by atoms with Gasteiger partial charge in [-0.15, -0.1) is 0 Å². The number of hydrogen-bond donors (Lipinski definition) is 1. The van der Waals surface area contributed by atoms with Crippen molar-refractivity contribution in [2.24, 2.45) is 0 Å². The van der Waals surface area contributed by atoms with Crippen LogP contribution in [-0.4, -0.2) is 25.4 Å². The number of ether oxygens (including phenoxy) is 1. The SMILES string of the molecule is CNS(=O)(=O)[N-]c1cccc(Cc2c(C)c3ccc(Oc4ncccn4)cc3oc2=O)c1F. The van der Waals surface area contributed by atoms with Crippen molar-refractivity contribution in [2.75, 3.05) is 7.05 Å². The van der Waals surface area contributed by atoms with Crippen LogP contribution >= 0.6 is 0 Å². The number of nitrogens with one attached hydrogen (secondary N) is 1. The van der Waals surface area contributed by atoms with E-state index in [4.69, 9.17) is 9.15 Å². The van der Waals surface area contributed by atoms with Gasteiger partial charge in [0, 0.05) is 35.8 Å². The predicted molar refractivity (Wildman–Crippen MR) is 120 cm³/mol. The van der Waals surface area contributed by atoms with Gasteiger partial charge in [0.1, 0.15) is 17.1 Å². The van der Waals surface area contributed by atoms with E-state index in [0.29, 0.717) is 22.3 Å². The number of halogens is 1. The molecule has 4 rings (SSSR count). The Morgan fingerprint density at radius 3 is 2.64 bits per heavy atom. The summed E-state index contributed by atoms with van der Waals surface area (Å²) in [4.78, 5) is 20.7. The van der Waals surface area contributed by atoms with E-state index < -0.39 is 21.7 Å². The first-order valence-electron chi connectivity index (χ1n) is 9.72. The van der Waals surface area contributed by atoms with E-state index in [0.717, 1.165) is 0 Å². The van der Waals surface area contributed by atoms with E-state index in [9.17, 15) is 17.6 Å². The highest BCUT2D eigenvalue weighted by Gasteiger charge is 2.15. The molecular weight excluding hydrogens is 451 g/mol. The van der Waals surface area contributed by atoms with Crippen LogP contribution < -0.4 is 15.1 Å². The third kappa shape index (κ3) is 4.83. The van der Waals surface area contributed by atoms with Crippen molar-refractivity contribution in [1.82, 2.24) is 14.7 Å². The van der Waals surface area contributed by atoms with Crippen LogP contribution in [0.2, 0.25) is 0 Å². The molecule has 4 aromatic rings. The Hall–Kier alpha value is -3.83. The van der Waals surface area contributed by atoms with Crippen molar-refractivity contribution in [3.8, 4) is 11.8 Å². The first-order chi connectivity index (χ1) is 15.8. The predicted octanol–water partition coefficient (Wildman–Crippen LogP) is 3.88. The zero-order chi connectivity index (χ0) is 23.6. The Morgan fingerprint density at radius 1 is 1.15 bits per heavy atom. The van der Waals surface area contributed by atoms with Gasteiger partial charge in [-0.05, 0) is 43.3 Å². The van der Waals surface area contributed by atoms with Gasteiger partial charge < -0.3 is 13.9 Å². The lowest BCUT2D eigenvalue weighted by Crippen LogP contribution is -2.16. The highest BCUT2D eigenvalue weighted by atomic mass is 32.2. The first-order valence-corrected chi connectivity index (χ1v) is 11.2. The molecule has 2 heterocycles. The molecule has 0 bridgehead atoms. The monoisotopic (exact) mass is 469 g/mol. The molecule has 0 atom stereocenters. The largest absolute Gasteiger partial charge is 0.561 e. The smallest absolute Gasteiger partial charge is 0.340 e. The maximum absolute atomic E-state index is 14.9. The van der Waals surface area contributed by atoms with Crippen LogP contribution in [0.15, 0.2) is 64.1 Å². The van der Waals surface area contributed by atoms with E-state index in [1.165, 1.54) is 37.6 Å². The standard InChI is InChI=1S/C22H18FN4O5S/c1-13-16-8-7-15(31-22-25-9-4-10-26-22)12-19(16)32-21(28)17(13)11-14-5-3-6-18(20(14)23)27-33(29,30)24-2/h3-10,12,24H,11H2,1-2H3/q-1. The third-order valence-electron chi connectivity index (χ3n) is 4.91. The average molecular weight is 469 g/mol. The summed E-state index contributed by atoms with van der Waals surface area (Å²) in [7, 11) is -2.85. The summed E-state index contributed by atoms with van der Waals surface area (Å²) in [5, 5.41) is 0.643. The van der Waals surface area contributed by atoms with Crippen LogP contribution in [-0.2, 0) is 16.6 Å². The Bertz CT molecular complexity index is 1490. The first kappa shape index (κ1) is 22.4. The van der Waals surface area contributed by atoms with Crippen molar-refractivity contribution >= 4 is 26.9 Å². The average Bonchev–Trinajstić information content (AvgIpc) is 2.79. The quantitative estimate of drug-likeness (QED) is 0.407. The maximum atomic E-state index is 14.9. The Balaban J connectivity index is 1.68. The summed E-state index contributed by atoms with van der Waals surface area (Å²) >= 11 is 0. The Kier molecular flexibility index (Phi) is 6.07. The summed E-state index contributed by atoms with van der Waals surface area (Å²) < 4.78 is 54.7. The number of hydrogen-bond acceptors (Lipinski definition) is 7. The van der Waals surface area contributed by atoms with Gasteiger partial charge >= 0.3 is 11.6 Å². The molecule has 11 heteroatoms. The number of nitrogens with zero attached hydrogens (tertiary/aromatic N) is 3. The topological polar surface area (TPSA) is 125 Å². The van der Waals surface area contributed by atoms with Crippen LogP contribution in [0.4, 0.5) is 10.1 Å². The molecular formula is C22H18FN4O5S-. The molecule has 1 N–H and O–H groups in total. The molecule has 170 valence electrons. The van der Waals surface area contributed by atoms with Crippen molar-refractivity contribution < 1.29 is 22.0 Å². The lowest BCUT2D eigenvalue weighted by Gasteiger charge is -2.22. The van der Waals surface area contributed by atoms with Crippen LogP contribution in [0.3, 0.4) is 0 Å². The second kappa shape index (κ2) is 8.96. The molecule has 9 nitrogen and oxygen atoms in total. The molecule has 33 heavy (non-hydrogen) atoms. The molecule has 0 radical (unpaired) electrons. The minimum absolute atomic E-state index is 0.102. The molecule has 0 unspecified atom stereocenters. The molecule has 2 aromatic carbocycles. The van der Waals surface area contributed by atoms with E-state index in [2.05, 4.69) is 14.7 Å². The van der Waals surface area contributed by atoms with Crippen LogP contribution in [0.1, 0.15) is 16.7 Å². The third-order valence-corrected chi connectivity index (χ3v) is 5.87. The molecule has 0 spiro atoms. The van der Waals surface area contributed by atoms with Crippen molar-refractivity contribution in [3.05, 3.63) is 92.5 Å². The van der Waals surface area contributed by atoms with Gasteiger partial charge in [-0.2, -0.15) is 0 Å². The van der Waals surface area contributed by atoms with Crippen LogP contribution in [0.5, 0.6) is 11.8 Å². The van der Waals surface area contributed by atoms with Crippen LogP contribution in [0.25, 0.3) is 15.7 Å². The summed E-state index contributed by atoms with van der Waals surface area (Å²) in [5.74, 6) is -0.447. The molecule has 0 saturated carbocycles. The molecule has 0 saturated heterocycles. The summed E-state index contributed by atoms with van der Waals surface area (Å²) in [5.41, 5.74) is 0.258. The fourth-order valence-electron chi connectivity index (χ4n) is 3.22. The van der Waals surface area contributed by atoms with E-state index >= 15 is 0 Å². The minimum atomic E-state index is -4.02. The molecule has 0 fully saturated rings. The number of aromatic nitrogens is 2. The van der Waals surface area contributed by atoms with Crippen LogP contribution in [0, 0.1) is 12.7 Å². The van der Waals surface area contributed by atoms with Gasteiger partial charge in [-0.1, -0.05) is 23.9 Å². The lowest BCUT2D eigenvalue weighted by atomic mass is 9.99. The van der Waals surface area contributed by atoms with Crippen molar-refractivity contribution in [1.29, 1.82) is 0 Å². The van der Waals surface area contributed by atoms with E-state index in [1.54, 1.807) is 31.2 Å². The van der Waals surface area contributed by atoms with E-state index in [1.807, 2.05) is 4.72 Å². The summed E-state index contributed by atoms with van der Waals surface area (Å²) in [6, 6.07) is 10.9. The zero-order valence-corrected chi connectivity index (χ0v) is 18.4. The molecule has 0 aliphatic rings. The maximum Gasteiger partial charge on any atom is 0.340 e. The van der Waals surface area contributed by atoms with Gasteiger partial charge in [0.05, 0.1) is 0 Å². The van der Waals surface area contributed by atoms with Gasteiger partial charge in [-0.3, -0.25) is 0 Å². The highest BCUT2D eigenvalue weighted by molar-refractivity contribution is 7.92. The fourth-order valence-corrected chi connectivity index (χ4v) is 3.72. The fraction of sp³-hybridized carbons (Fsp3) is 0.136. The molecule has 0 aliphatic heterocycles. The number of benzene rings is 2. The second-order valence-electron chi connectivity index (χ2n) is 6.98. The highest BCUT2D eigenvalue weighted by Crippen LogP contribution is 2.30. The minimum Gasteiger partial charge on any atom is -0.561 e. The van der Waals surface area contributed by atoms with Gasteiger partial charge in [0.2, 0.25) is 0 Å². The summed E-state index contributed by atoms with van der Waals surface area (Å²) in [6.07, 6.45) is 2.97. The Labute approximate surface area is 188 Å². The molecule has 2 aromatic heterocycles. The normalized spacial score (nSPS) is 11.5. The van der Waals surface area contributed by atoms with Crippen molar-refractivity contribution in [3.63, 3.8) is 0 Å². The number of fused-ring (bicyclic) bond motifs is 1. The molecule has 0 amide bonds. The van der Waals surface area contributed by atoms with E-state index in [-0.39, 0.29) is 29.2 Å². The van der Waals surface area contributed by atoms with Crippen molar-refractivity contribution in [2.45, 2.75) is 13.3 Å². The second-order valence-corrected chi connectivity index (χ2v) is 8.52. The van der Waals surface area contributed by atoms with Gasteiger partial charge in [-0.25, -0.2) is 32.3 Å². The zero-order valence-electron chi connectivity index (χ0n) is 17.6.